The number of aryl methyl sites for hydroxylation is 1. The third-order valence-electron chi connectivity index (χ3n) is 2.76. The molecule has 102 valence electrons. The third kappa shape index (κ3) is 2.82. The van der Waals surface area contributed by atoms with E-state index in [1.165, 1.54) is 16.9 Å². The molecule has 2 aromatic rings. The number of alkyl halides is 3. The van der Waals surface area contributed by atoms with E-state index in [9.17, 15) is 18.3 Å². The highest BCUT2D eigenvalue weighted by Gasteiger charge is 2.32. The van der Waals surface area contributed by atoms with Crippen LogP contribution in [0.2, 0.25) is 0 Å². The van der Waals surface area contributed by atoms with E-state index < -0.39 is 17.8 Å². The molecule has 0 aliphatic carbocycles. The predicted octanol–water partition coefficient (Wildman–Crippen LogP) is 3.28. The molecule has 1 aromatic carbocycles. The second-order valence-electron chi connectivity index (χ2n) is 4.02. The molecular formula is C12H10BrF3N2O. The summed E-state index contributed by atoms with van der Waals surface area (Å²) in [6.07, 6.45) is -4.15. The van der Waals surface area contributed by atoms with E-state index in [4.69, 9.17) is 0 Å². The summed E-state index contributed by atoms with van der Waals surface area (Å²) in [5.41, 5.74) is -0.231. The zero-order valence-corrected chi connectivity index (χ0v) is 11.4. The molecule has 19 heavy (non-hydrogen) atoms. The van der Waals surface area contributed by atoms with Crippen molar-refractivity contribution in [3.05, 3.63) is 51.8 Å². The number of benzene rings is 1. The quantitative estimate of drug-likeness (QED) is 0.915. The van der Waals surface area contributed by atoms with Crippen LogP contribution in [0.15, 0.2) is 34.9 Å². The van der Waals surface area contributed by atoms with Crippen LogP contribution in [-0.4, -0.2) is 14.9 Å². The molecule has 1 atom stereocenters. The highest BCUT2D eigenvalue weighted by atomic mass is 79.9. The highest BCUT2D eigenvalue weighted by Crippen LogP contribution is 2.35. The Labute approximate surface area is 115 Å². The van der Waals surface area contributed by atoms with Gasteiger partial charge in [0.25, 0.3) is 0 Å². The lowest BCUT2D eigenvalue weighted by atomic mass is 10.0. The van der Waals surface area contributed by atoms with Gasteiger partial charge >= 0.3 is 6.18 Å². The minimum Gasteiger partial charge on any atom is -0.382 e. The van der Waals surface area contributed by atoms with Crippen molar-refractivity contribution in [1.82, 2.24) is 9.78 Å². The van der Waals surface area contributed by atoms with Crippen LogP contribution in [-0.2, 0) is 13.2 Å². The molecule has 0 saturated heterocycles. The van der Waals surface area contributed by atoms with Gasteiger partial charge in [-0.05, 0) is 24.3 Å². The largest absolute Gasteiger partial charge is 0.416 e. The maximum atomic E-state index is 12.7. The molecule has 7 heteroatoms. The van der Waals surface area contributed by atoms with Gasteiger partial charge in [0.15, 0.2) is 0 Å². The van der Waals surface area contributed by atoms with Crippen LogP contribution < -0.4 is 0 Å². The predicted molar refractivity (Wildman–Crippen MR) is 66.4 cm³/mol. The van der Waals surface area contributed by atoms with Crippen molar-refractivity contribution < 1.29 is 18.3 Å². The Hall–Kier alpha value is -1.34. The number of rotatable bonds is 2. The molecule has 3 nitrogen and oxygen atoms in total. The molecule has 2 rings (SSSR count). The van der Waals surface area contributed by atoms with Crippen molar-refractivity contribution >= 4 is 15.9 Å². The van der Waals surface area contributed by atoms with Crippen molar-refractivity contribution in [1.29, 1.82) is 0 Å². The lowest BCUT2D eigenvalue weighted by Crippen LogP contribution is -2.10. The topological polar surface area (TPSA) is 38.0 Å². The molecule has 1 unspecified atom stereocenters. The van der Waals surface area contributed by atoms with E-state index in [0.29, 0.717) is 10.2 Å². The summed E-state index contributed by atoms with van der Waals surface area (Å²) < 4.78 is 39.8. The second-order valence-corrected chi connectivity index (χ2v) is 4.87. The van der Waals surface area contributed by atoms with Crippen LogP contribution in [0, 0.1) is 0 Å². The van der Waals surface area contributed by atoms with Gasteiger partial charge in [-0.1, -0.05) is 15.9 Å². The fourth-order valence-electron chi connectivity index (χ4n) is 1.74. The minimum absolute atomic E-state index is 0.151. The van der Waals surface area contributed by atoms with Crippen molar-refractivity contribution in [2.45, 2.75) is 12.3 Å². The number of hydrogen-bond acceptors (Lipinski definition) is 2. The van der Waals surface area contributed by atoms with Crippen LogP contribution >= 0.6 is 15.9 Å². The Morgan fingerprint density at radius 3 is 2.53 bits per heavy atom. The van der Waals surface area contributed by atoms with Gasteiger partial charge in [-0.25, -0.2) is 0 Å². The Morgan fingerprint density at radius 2 is 2.00 bits per heavy atom. The third-order valence-corrected chi connectivity index (χ3v) is 3.48. The molecule has 1 N–H and O–H groups in total. The summed E-state index contributed by atoms with van der Waals surface area (Å²) in [7, 11) is 1.61. The Bertz CT molecular complexity index is 595. The molecule has 1 heterocycles. The summed E-state index contributed by atoms with van der Waals surface area (Å²) in [6, 6.07) is 4.72. The van der Waals surface area contributed by atoms with Gasteiger partial charge in [0.05, 0.1) is 11.3 Å². The number of aliphatic hydroxyl groups is 1. The van der Waals surface area contributed by atoms with E-state index in [0.717, 1.165) is 12.1 Å². The molecule has 0 aliphatic heterocycles. The lowest BCUT2D eigenvalue weighted by molar-refractivity contribution is -0.137. The summed E-state index contributed by atoms with van der Waals surface area (Å²) in [5.74, 6) is 0. The van der Waals surface area contributed by atoms with Gasteiger partial charge in [-0.2, -0.15) is 18.3 Å². The summed E-state index contributed by atoms with van der Waals surface area (Å²) in [5, 5.41) is 14.1. The standard InChI is InChI=1S/C12H10BrF3N2O/c1-18-10(4-5-17-18)11(19)8-6-7(12(14,15)16)2-3-9(8)13/h2-6,11,19H,1H3. The van der Waals surface area contributed by atoms with Gasteiger partial charge in [0.1, 0.15) is 6.10 Å². The second kappa shape index (κ2) is 4.97. The number of halogens is 4. The van der Waals surface area contributed by atoms with E-state index in [-0.39, 0.29) is 5.56 Å². The Kier molecular flexibility index (Phi) is 3.69. The van der Waals surface area contributed by atoms with Crippen molar-refractivity contribution in [3.8, 4) is 0 Å². The van der Waals surface area contributed by atoms with Crippen molar-refractivity contribution in [2.24, 2.45) is 7.05 Å². The first-order chi connectivity index (χ1) is 8.80. The number of nitrogens with zero attached hydrogens (tertiary/aromatic N) is 2. The average Bonchev–Trinajstić information content (AvgIpc) is 2.73. The molecule has 0 amide bonds. The van der Waals surface area contributed by atoms with Crippen LogP contribution in [0.4, 0.5) is 13.2 Å². The maximum absolute atomic E-state index is 12.7. The van der Waals surface area contributed by atoms with Gasteiger partial charge in [0, 0.05) is 23.3 Å². The van der Waals surface area contributed by atoms with E-state index in [2.05, 4.69) is 21.0 Å². The fourth-order valence-corrected chi connectivity index (χ4v) is 2.20. The molecule has 0 bridgehead atoms. The molecule has 0 aliphatic rings. The smallest absolute Gasteiger partial charge is 0.382 e. The maximum Gasteiger partial charge on any atom is 0.416 e. The minimum atomic E-state index is -4.44. The van der Waals surface area contributed by atoms with Gasteiger partial charge < -0.3 is 5.11 Å². The average molecular weight is 335 g/mol. The van der Waals surface area contributed by atoms with E-state index in [1.807, 2.05) is 0 Å². The number of hydrogen-bond donors (Lipinski definition) is 1. The first-order valence-electron chi connectivity index (χ1n) is 5.33. The van der Waals surface area contributed by atoms with Crippen LogP contribution in [0.1, 0.15) is 22.9 Å². The van der Waals surface area contributed by atoms with Gasteiger partial charge in [-0.15, -0.1) is 0 Å². The van der Waals surface area contributed by atoms with E-state index >= 15 is 0 Å². The normalized spacial score (nSPS) is 13.6. The first kappa shape index (κ1) is 14.1. The molecule has 0 saturated carbocycles. The first-order valence-corrected chi connectivity index (χ1v) is 6.12. The molecule has 0 radical (unpaired) electrons. The van der Waals surface area contributed by atoms with Crippen LogP contribution in [0.5, 0.6) is 0 Å². The zero-order chi connectivity index (χ0) is 14.2. The Morgan fingerprint density at radius 1 is 1.32 bits per heavy atom. The number of aromatic nitrogens is 2. The molecule has 1 aromatic heterocycles. The summed E-state index contributed by atoms with van der Waals surface area (Å²) in [4.78, 5) is 0. The monoisotopic (exact) mass is 334 g/mol. The molecule has 0 fully saturated rings. The number of aliphatic hydroxyl groups excluding tert-OH is 1. The van der Waals surface area contributed by atoms with Crippen molar-refractivity contribution in [2.75, 3.05) is 0 Å². The van der Waals surface area contributed by atoms with Crippen LogP contribution in [0.25, 0.3) is 0 Å². The van der Waals surface area contributed by atoms with Crippen molar-refractivity contribution in [3.63, 3.8) is 0 Å². The van der Waals surface area contributed by atoms with E-state index in [1.54, 1.807) is 13.1 Å². The zero-order valence-electron chi connectivity index (χ0n) is 9.82. The summed E-state index contributed by atoms with van der Waals surface area (Å²) in [6.45, 7) is 0. The van der Waals surface area contributed by atoms with Gasteiger partial charge in [-0.3, -0.25) is 4.68 Å². The van der Waals surface area contributed by atoms with Crippen LogP contribution in [0.3, 0.4) is 0 Å². The molecular weight excluding hydrogens is 325 g/mol. The lowest BCUT2D eigenvalue weighted by Gasteiger charge is -2.15. The Balaban J connectivity index is 2.47. The fraction of sp³-hybridized carbons (Fsp3) is 0.250. The highest BCUT2D eigenvalue weighted by molar-refractivity contribution is 9.10. The molecule has 0 spiro atoms. The SMILES string of the molecule is Cn1nccc1C(O)c1cc(C(F)(F)F)ccc1Br. The summed E-state index contributed by atoms with van der Waals surface area (Å²) >= 11 is 3.15. The van der Waals surface area contributed by atoms with Gasteiger partial charge in [0.2, 0.25) is 0 Å².